The second-order valence-corrected chi connectivity index (χ2v) is 4.56. The quantitative estimate of drug-likeness (QED) is 0.828. The minimum Gasteiger partial charge on any atom is -0.466 e. The Morgan fingerprint density at radius 1 is 1.39 bits per heavy atom. The smallest absolute Gasteiger partial charge is 0.333 e. The monoisotopic (exact) mass is 245 g/mol. The Kier molecular flexibility index (Phi) is 4.53. The first kappa shape index (κ1) is 12.8. The van der Waals surface area contributed by atoms with Gasteiger partial charge in [0.1, 0.15) is 0 Å². The van der Waals surface area contributed by atoms with Crippen molar-refractivity contribution >= 4 is 5.97 Å². The summed E-state index contributed by atoms with van der Waals surface area (Å²) >= 11 is 0. The molecule has 18 heavy (non-hydrogen) atoms. The lowest BCUT2D eigenvalue weighted by Gasteiger charge is -2.22. The first-order chi connectivity index (χ1) is 8.79. The summed E-state index contributed by atoms with van der Waals surface area (Å²) in [7, 11) is 1.43. The number of methoxy groups -OCH3 is 1. The summed E-state index contributed by atoms with van der Waals surface area (Å²) in [6.45, 7) is 0.882. The number of carbonyl (C=O) groups excluding carboxylic acids is 1. The molecule has 3 nitrogen and oxygen atoms in total. The number of hydrogen-bond donors (Lipinski definition) is 1. The summed E-state index contributed by atoms with van der Waals surface area (Å²) in [6.07, 6.45) is 4.70. The van der Waals surface area contributed by atoms with Crippen molar-refractivity contribution in [2.45, 2.75) is 31.8 Å². The van der Waals surface area contributed by atoms with Crippen LogP contribution >= 0.6 is 0 Å². The first-order valence-corrected chi connectivity index (χ1v) is 6.34. The Hall–Kier alpha value is -1.61. The molecule has 96 valence electrons. The predicted octanol–water partition coefficient (Wildman–Crippen LogP) is 2.43. The zero-order chi connectivity index (χ0) is 12.8. The van der Waals surface area contributed by atoms with Crippen LogP contribution in [0.3, 0.4) is 0 Å². The third-order valence-electron chi connectivity index (χ3n) is 3.30. The molecule has 1 aliphatic rings. The molecule has 0 saturated heterocycles. The second-order valence-electron chi connectivity index (χ2n) is 4.56. The van der Waals surface area contributed by atoms with Crippen LogP contribution in [0.2, 0.25) is 0 Å². The molecule has 1 unspecified atom stereocenters. The molecule has 3 heteroatoms. The van der Waals surface area contributed by atoms with Crippen LogP contribution in [-0.4, -0.2) is 19.1 Å². The summed E-state index contributed by atoms with van der Waals surface area (Å²) in [5, 5.41) is 3.52. The first-order valence-electron chi connectivity index (χ1n) is 6.34. The van der Waals surface area contributed by atoms with E-state index < -0.39 is 0 Å². The minimum absolute atomic E-state index is 0.184. The van der Waals surface area contributed by atoms with Gasteiger partial charge in [0.05, 0.1) is 7.11 Å². The summed E-state index contributed by atoms with van der Waals surface area (Å²) in [5.41, 5.74) is 2.11. The van der Waals surface area contributed by atoms with Crippen molar-refractivity contribution in [1.29, 1.82) is 0 Å². The highest BCUT2D eigenvalue weighted by Crippen LogP contribution is 2.19. The second kappa shape index (κ2) is 6.36. The van der Waals surface area contributed by atoms with Crippen LogP contribution in [0, 0.1) is 0 Å². The van der Waals surface area contributed by atoms with Gasteiger partial charge in [0.2, 0.25) is 0 Å². The zero-order valence-electron chi connectivity index (χ0n) is 10.7. The minimum atomic E-state index is -0.184. The highest BCUT2D eigenvalue weighted by atomic mass is 16.5. The van der Waals surface area contributed by atoms with Crippen LogP contribution in [-0.2, 0) is 16.1 Å². The number of carbonyl (C=O) groups is 1. The highest BCUT2D eigenvalue weighted by molar-refractivity contribution is 5.88. The molecular weight excluding hydrogens is 226 g/mol. The maximum absolute atomic E-state index is 11.3. The standard InChI is InChI=1S/C15H19NO2/c1-18-15(17)13-7-9-14(10-8-13)16-11-12-5-3-2-4-6-12/h2-7,14,16H,8-11H2,1H3. The van der Waals surface area contributed by atoms with E-state index >= 15 is 0 Å². The summed E-state index contributed by atoms with van der Waals surface area (Å²) in [5.74, 6) is -0.184. The molecule has 0 fully saturated rings. The van der Waals surface area contributed by atoms with Gasteiger partial charge in [-0.2, -0.15) is 0 Å². The van der Waals surface area contributed by atoms with Crippen LogP contribution in [0.25, 0.3) is 0 Å². The average Bonchev–Trinajstić information content (AvgIpc) is 2.46. The van der Waals surface area contributed by atoms with Gasteiger partial charge in [-0.05, 0) is 24.8 Å². The normalized spacial score (nSPS) is 19.2. The summed E-state index contributed by atoms with van der Waals surface area (Å²) < 4.78 is 4.73. The number of ether oxygens (including phenoxy) is 1. The summed E-state index contributed by atoms with van der Waals surface area (Å²) in [6, 6.07) is 10.8. The zero-order valence-corrected chi connectivity index (χ0v) is 10.7. The fourth-order valence-electron chi connectivity index (χ4n) is 2.19. The average molecular weight is 245 g/mol. The highest BCUT2D eigenvalue weighted by Gasteiger charge is 2.18. The topological polar surface area (TPSA) is 38.3 Å². The Morgan fingerprint density at radius 3 is 2.78 bits per heavy atom. The third-order valence-corrected chi connectivity index (χ3v) is 3.30. The van der Waals surface area contributed by atoms with Gasteiger partial charge < -0.3 is 10.1 Å². The lowest BCUT2D eigenvalue weighted by Crippen LogP contribution is -2.30. The molecule has 0 aliphatic heterocycles. The molecule has 0 radical (unpaired) electrons. The van der Waals surface area contributed by atoms with Crippen molar-refractivity contribution in [3.05, 3.63) is 47.5 Å². The van der Waals surface area contributed by atoms with Gasteiger partial charge in [0, 0.05) is 18.2 Å². The van der Waals surface area contributed by atoms with Crippen molar-refractivity contribution in [2.75, 3.05) is 7.11 Å². The van der Waals surface area contributed by atoms with Crippen molar-refractivity contribution in [2.24, 2.45) is 0 Å². The van der Waals surface area contributed by atoms with Crippen molar-refractivity contribution in [3.63, 3.8) is 0 Å². The van der Waals surface area contributed by atoms with Gasteiger partial charge in [-0.1, -0.05) is 36.4 Å². The predicted molar refractivity (Wildman–Crippen MR) is 71.0 cm³/mol. The number of rotatable bonds is 4. The van der Waals surface area contributed by atoms with Crippen LogP contribution in [0.15, 0.2) is 42.0 Å². The summed E-state index contributed by atoms with van der Waals surface area (Å²) in [4.78, 5) is 11.3. The fourth-order valence-corrected chi connectivity index (χ4v) is 2.19. The molecule has 1 aromatic rings. The van der Waals surface area contributed by atoms with Gasteiger partial charge in [0.15, 0.2) is 0 Å². The fraction of sp³-hybridized carbons (Fsp3) is 0.400. The molecule has 1 atom stereocenters. The number of hydrogen-bond acceptors (Lipinski definition) is 3. The van der Waals surface area contributed by atoms with E-state index in [0.29, 0.717) is 6.04 Å². The van der Waals surface area contributed by atoms with E-state index in [4.69, 9.17) is 4.74 Å². The molecule has 0 heterocycles. The van der Waals surface area contributed by atoms with E-state index in [0.717, 1.165) is 31.4 Å². The van der Waals surface area contributed by atoms with Gasteiger partial charge in [-0.25, -0.2) is 4.79 Å². The van der Waals surface area contributed by atoms with Gasteiger partial charge in [-0.3, -0.25) is 0 Å². The lowest BCUT2D eigenvalue weighted by atomic mass is 9.95. The van der Waals surface area contributed by atoms with Gasteiger partial charge in [0.25, 0.3) is 0 Å². The van der Waals surface area contributed by atoms with Crippen LogP contribution in [0.1, 0.15) is 24.8 Å². The van der Waals surface area contributed by atoms with Crippen molar-refractivity contribution in [1.82, 2.24) is 5.32 Å². The van der Waals surface area contributed by atoms with E-state index in [1.165, 1.54) is 12.7 Å². The number of nitrogens with one attached hydrogen (secondary N) is 1. The number of benzene rings is 1. The molecule has 1 aliphatic carbocycles. The molecule has 0 aromatic heterocycles. The van der Waals surface area contributed by atoms with E-state index in [2.05, 4.69) is 17.4 Å². The molecular formula is C15H19NO2. The maximum atomic E-state index is 11.3. The van der Waals surface area contributed by atoms with E-state index in [9.17, 15) is 4.79 Å². The van der Waals surface area contributed by atoms with E-state index in [-0.39, 0.29) is 5.97 Å². The molecule has 0 saturated carbocycles. The molecule has 2 rings (SSSR count). The Labute approximate surface area is 108 Å². The van der Waals surface area contributed by atoms with Crippen LogP contribution in [0.5, 0.6) is 0 Å². The van der Waals surface area contributed by atoms with Crippen molar-refractivity contribution in [3.8, 4) is 0 Å². The Balaban J connectivity index is 1.80. The van der Waals surface area contributed by atoms with Crippen LogP contribution < -0.4 is 5.32 Å². The molecule has 1 aromatic carbocycles. The SMILES string of the molecule is COC(=O)C1=CCC(NCc2ccccc2)CC1. The molecule has 0 amide bonds. The lowest BCUT2D eigenvalue weighted by molar-refractivity contribution is -0.136. The molecule has 0 bridgehead atoms. The number of esters is 1. The van der Waals surface area contributed by atoms with Gasteiger partial charge >= 0.3 is 5.97 Å². The van der Waals surface area contributed by atoms with E-state index in [1.54, 1.807) is 0 Å². The largest absolute Gasteiger partial charge is 0.466 e. The van der Waals surface area contributed by atoms with Gasteiger partial charge in [-0.15, -0.1) is 0 Å². The van der Waals surface area contributed by atoms with Crippen LogP contribution in [0.4, 0.5) is 0 Å². The Bertz CT molecular complexity index is 425. The van der Waals surface area contributed by atoms with Crippen molar-refractivity contribution < 1.29 is 9.53 Å². The van der Waals surface area contributed by atoms with E-state index in [1.807, 2.05) is 24.3 Å². The third kappa shape index (κ3) is 3.44. The Morgan fingerprint density at radius 2 is 2.17 bits per heavy atom. The molecule has 1 N–H and O–H groups in total. The maximum Gasteiger partial charge on any atom is 0.333 e. The molecule has 0 spiro atoms.